The molecule has 0 heterocycles. The first kappa shape index (κ1) is 14.0. The largest absolute Gasteiger partial charge is 0.304 e. The van der Waals surface area contributed by atoms with Gasteiger partial charge in [0, 0.05) is 31.0 Å². The van der Waals surface area contributed by atoms with Crippen molar-refractivity contribution in [1.29, 1.82) is 0 Å². The lowest BCUT2D eigenvalue weighted by Gasteiger charge is -2.49. The molecule has 0 amide bonds. The predicted octanol–water partition coefficient (Wildman–Crippen LogP) is 2.16. The summed E-state index contributed by atoms with van der Waals surface area (Å²) in [6.07, 6.45) is 8.25. The summed E-state index contributed by atoms with van der Waals surface area (Å²) in [4.78, 5) is 16.7. The number of carbonyl (C=O) groups is 1. The second-order valence-electron chi connectivity index (χ2n) is 6.58. The zero-order chi connectivity index (χ0) is 13.2. The van der Waals surface area contributed by atoms with Crippen LogP contribution < -0.4 is 0 Å². The van der Waals surface area contributed by atoms with E-state index in [2.05, 4.69) is 30.9 Å². The van der Waals surface area contributed by atoms with E-state index < -0.39 is 0 Å². The van der Waals surface area contributed by atoms with Crippen molar-refractivity contribution in [2.24, 2.45) is 5.92 Å². The summed E-state index contributed by atoms with van der Waals surface area (Å²) in [5.41, 5.74) is 0.381. The highest BCUT2D eigenvalue weighted by Gasteiger charge is 2.40. The molecule has 0 N–H and O–H groups in total. The Balaban J connectivity index is 1.84. The van der Waals surface area contributed by atoms with Crippen molar-refractivity contribution in [3.05, 3.63) is 0 Å². The van der Waals surface area contributed by atoms with Crippen molar-refractivity contribution in [3.8, 4) is 0 Å². The average Bonchev–Trinajstić information content (AvgIpc) is 2.26. The summed E-state index contributed by atoms with van der Waals surface area (Å²) < 4.78 is 0. The molecule has 2 saturated carbocycles. The first-order valence-corrected chi connectivity index (χ1v) is 7.42. The highest BCUT2D eigenvalue weighted by atomic mass is 16.1. The molecule has 0 radical (unpaired) electrons. The molecule has 2 aliphatic rings. The van der Waals surface area contributed by atoms with E-state index in [9.17, 15) is 4.79 Å². The van der Waals surface area contributed by atoms with Gasteiger partial charge in [0.05, 0.1) is 0 Å². The predicted molar refractivity (Wildman–Crippen MR) is 74.7 cm³/mol. The maximum atomic E-state index is 11.9. The van der Waals surface area contributed by atoms with Gasteiger partial charge in [0.15, 0.2) is 0 Å². The Kier molecular flexibility index (Phi) is 4.44. The molecule has 0 aromatic rings. The van der Waals surface area contributed by atoms with Gasteiger partial charge in [0.2, 0.25) is 0 Å². The standard InChI is InChI=1S/C15H28N2O/c1-16(2)15(9-6-10-15)12-17(3)11-13-7-4-5-8-14(13)18/h13H,4-12H2,1-3H3. The molecule has 18 heavy (non-hydrogen) atoms. The Hall–Kier alpha value is -0.410. The summed E-state index contributed by atoms with van der Waals surface area (Å²) in [6, 6.07) is 0. The van der Waals surface area contributed by atoms with Crippen molar-refractivity contribution < 1.29 is 4.79 Å². The lowest BCUT2D eigenvalue weighted by atomic mass is 9.75. The molecule has 0 aromatic heterocycles. The van der Waals surface area contributed by atoms with Crippen molar-refractivity contribution in [2.75, 3.05) is 34.2 Å². The van der Waals surface area contributed by atoms with Crippen LogP contribution in [0.2, 0.25) is 0 Å². The van der Waals surface area contributed by atoms with Gasteiger partial charge in [0.1, 0.15) is 5.78 Å². The fourth-order valence-electron chi connectivity index (χ4n) is 3.52. The Morgan fingerprint density at radius 2 is 1.89 bits per heavy atom. The SMILES string of the molecule is CN(CC1CCCCC1=O)CC1(N(C)C)CCC1. The van der Waals surface area contributed by atoms with Crippen LogP contribution in [0.25, 0.3) is 0 Å². The monoisotopic (exact) mass is 252 g/mol. The van der Waals surface area contributed by atoms with Crippen molar-refractivity contribution in [1.82, 2.24) is 9.80 Å². The molecule has 0 aromatic carbocycles. The Labute approximate surface area is 112 Å². The molecule has 0 spiro atoms. The van der Waals surface area contributed by atoms with E-state index in [0.29, 0.717) is 17.2 Å². The molecule has 2 fully saturated rings. The van der Waals surface area contributed by atoms with Gasteiger partial charge in [-0.3, -0.25) is 4.79 Å². The Morgan fingerprint density at radius 1 is 1.17 bits per heavy atom. The van der Waals surface area contributed by atoms with E-state index in [1.54, 1.807) is 0 Å². The molecular formula is C15H28N2O. The Bertz CT molecular complexity index is 297. The maximum absolute atomic E-state index is 11.9. The number of hydrogen-bond acceptors (Lipinski definition) is 3. The second kappa shape index (κ2) is 5.70. The molecule has 1 unspecified atom stereocenters. The van der Waals surface area contributed by atoms with E-state index in [-0.39, 0.29) is 0 Å². The van der Waals surface area contributed by atoms with Crippen LogP contribution in [-0.4, -0.2) is 55.4 Å². The second-order valence-corrected chi connectivity index (χ2v) is 6.58. The minimum Gasteiger partial charge on any atom is -0.304 e. The molecule has 104 valence electrons. The summed E-state index contributed by atoms with van der Waals surface area (Å²) in [5.74, 6) is 0.809. The molecule has 0 saturated heterocycles. The van der Waals surface area contributed by atoms with Crippen LogP contribution in [0.5, 0.6) is 0 Å². The van der Waals surface area contributed by atoms with E-state index in [1.165, 1.54) is 25.7 Å². The fourth-order valence-corrected chi connectivity index (χ4v) is 3.52. The van der Waals surface area contributed by atoms with Crippen LogP contribution in [0.4, 0.5) is 0 Å². The zero-order valence-electron chi connectivity index (χ0n) is 12.2. The average molecular weight is 252 g/mol. The Morgan fingerprint density at radius 3 is 2.39 bits per heavy atom. The van der Waals surface area contributed by atoms with E-state index >= 15 is 0 Å². The van der Waals surface area contributed by atoms with Gasteiger partial charge < -0.3 is 9.80 Å². The van der Waals surface area contributed by atoms with Gasteiger partial charge in [-0.15, -0.1) is 0 Å². The van der Waals surface area contributed by atoms with Crippen LogP contribution in [0.15, 0.2) is 0 Å². The highest BCUT2D eigenvalue weighted by Crippen LogP contribution is 2.37. The van der Waals surface area contributed by atoms with E-state index in [0.717, 1.165) is 32.4 Å². The smallest absolute Gasteiger partial charge is 0.137 e. The van der Waals surface area contributed by atoms with Crippen LogP contribution in [0.3, 0.4) is 0 Å². The summed E-state index contributed by atoms with van der Waals surface area (Å²) in [6.45, 7) is 2.08. The van der Waals surface area contributed by atoms with Crippen molar-refractivity contribution in [3.63, 3.8) is 0 Å². The van der Waals surface area contributed by atoms with Crippen molar-refractivity contribution in [2.45, 2.75) is 50.5 Å². The lowest BCUT2D eigenvalue weighted by molar-refractivity contribution is -0.125. The van der Waals surface area contributed by atoms with Crippen LogP contribution in [0, 0.1) is 5.92 Å². The lowest BCUT2D eigenvalue weighted by Crippen LogP contribution is -2.57. The number of ketones is 1. The van der Waals surface area contributed by atoms with Gasteiger partial charge in [0.25, 0.3) is 0 Å². The third-order valence-electron chi connectivity index (χ3n) is 5.01. The number of hydrogen-bond donors (Lipinski definition) is 0. The van der Waals surface area contributed by atoms with Crippen LogP contribution in [0.1, 0.15) is 44.9 Å². The van der Waals surface area contributed by atoms with Gasteiger partial charge >= 0.3 is 0 Å². The summed E-state index contributed by atoms with van der Waals surface area (Å²) in [5, 5.41) is 0. The fraction of sp³-hybridized carbons (Fsp3) is 0.933. The molecule has 2 rings (SSSR count). The maximum Gasteiger partial charge on any atom is 0.137 e. The number of carbonyl (C=O) groups excluding carboxylic acids is 1. The molecule has 2 aliphatic carbocycles. The number of likely N-dealkylation sites (N-methyl/N-ethyl adjacent to an activating group) is 2. The topological polar surface area (TPSA) is 23.6 Å². The number of Topliss-reactive ketones (excluding diaryl/α,β-unsaturated/α-hetero) is 1. The molecule has 0 aliphatic heterocycles. The molecule has 3 heteroatoms. The highest BCUT2D eigenvalue weighted by molar-refractivity contribution is 5.81. The van der Waals surface area contributed by atoms with Crippen LogP contribution in [-0.2, 0) is 4.79 Å². The third kappa shape index (κ3) is 2.94. The first-order valence-electron chi connectivity index (χ1n) is 7.42. The van der Waals surface area contributed by atoms with Gasteiger partial charge in [-0.2, -0.15) is 0 Å². The molecule has 1 atom stereocenters. The minimum absolute atomic E-state index is 0.308. The number of nitrogens with zero attached hydrogens (tertiary/aromatic N) is 2. The summed E-state index contributed by atoms with van der Waals surface area (Å²) in [7, 11) is 6.57. The van der Waals surface area contributed by atoms with Crippen LogP contribution >= 0.6 is 0 Å². The van der Waals surface area contributed by atoms with Gasteiger partial charge in [-0.05, 0) is 53.2 Å². The number of rotatable bonds is 5. The minimum atomic E-state index is 0.308. The third-order valence-corrected chi connectivity index (χ3v) is 5.01. The zero-order valence-corrected chi connectivity index (χ0v) is 12.2. The molecule has 0 bridgehead atoms. The molecular weight excluding hydrogens is 224 g/mol. The van der Waals surface area contributed by atoms with Gasteiger partial charge in [-0.25, -0.2) is 0 Å². The van der Waals surface area contributed by atoms with E-state index in [1.807, 2.05) is 0 Å². The van der Waals surface area contributed by atoms with E-state index in [4.69, 9.17) is 0 Å². The molecule has 3 nitrogen and oxygen atoms in total. The summed E-state index contributed by atoms with van der Waals surface area (Å²) >= 11 is 0. The normalized spacial score (nSPS) is 27.6. The quantitative estimate of drug-likeness (QED) is 0.749. The van der Waals surface area contributed by atoms with Crippen molar-refractivity contribution >= 4 is 5.78 Å². The first-order chi connectivity index (χ1) is 8.53. The van der Waals surface area contributed by atoms with Gasteiger partial charge in [-0.1, -0.05) is 6.42 Å².